The summed E-state index contributed by atoms with van der Waals surface area (Å²) in [5.41, 5.74) is 1.55. The van der Waals surface area contributed by atoms with E-state index in [1.54, 1.807) is 30.5 Å². The third kappa shape index (κ3) is 6.00. The first-order chi connectivity index (χ1) is 16.3. The van der Waals surface area contributed by atoms with Gasteiger partial charge in [-0.25, -0.2) is 4.98 Å². The van der Waals surface area contributed by atoms with Gasteiger partial charge in [0.2, 0.25) is 5.91 Å². The Hall–Kier alpha value is -4.15. The fourth-order valence-electron chi connectivity index (χ4n) is 3.44. The van der Waals surface area contributed by atoms with Gasteiger partial charge in [0, 0.05) is 12.0 Å². The zero-order valence-electron chi connectivity index (χ0n) is 18.9. The van der Waals surface area contributed by atoms with Crippen LogP contribution in [-0.4, -0.2) is 52.1 Å². The van der Waals surface area contributed by atoms with Gasteiger partial charge in [-0.1, -0.05) is 6.92 Å². The molecule has 0 spiro atoms. The molecule has 2 heterocycles. The number of methoxy groups -OCH3 is 1. The monoisotopic (exact) mass is 470 g/mol. The van der Waals surface area contributed by atoms with Crippen LogP contribution in [0.15, 0.2) is 41.0 Å². The molecule has 0 aliphatic rings. The number of nitrogens with zero attached hydrogens (tertiary/aromatic N) is 2. The second kappa shape index (κ2) is 11.1. The smallest absolute Gasteiger partial charge is 0.325 e. The van der Waals surface area contributed by atoms with Gasteiger partial charge >= 0.3 is 11.9 Å². The van der Waals surface area contributed by atoms with Crippen LogP contribution in [0.25, 0.3) is 11.0 Å². The number of aromatic nitrogens is 2. The number of carboxylic acid groups (broad SMARTS) is 1. The Bertz CT molecular complexity index is 1180. The molecule has 3 rings (SSSR count). The first kappa shape index (κ1) is 24.5. The van der Waals surface area contributed by atoms with Gasteiger partial charge in [-0.15, -0.1) is 0 Å². The highest BCUT2D eigenvalue weighted by Gasteiger charge is 2.22. The van der Waals surface area contributed by atoms with Crippen LogP contribution < -0.4 is 10.6 Å². The van der Waals surface area contributed by atoms with Crippen LogP contribution in [0, 0.1) is 0 Å². The molecule has 3 aromatic rings. The number of carbonyl (C=O) groups excluding carboxylic acids is 3. The molecule has 0 bridgehead atoms. The van der Waals surface area contributed by atoms with Gasteiger partial charge in [0.05, 0.1) is 43.4 Å². The first-order valence-corrected chi connectivity index (χ1v) is 10.7. The minimum absolute atomic E-state index is 0.144. The molecule has 1 aromatic carbocycles. The molecule has 1 unspecified atom stereocenters. The lowest BCUT2D eigenvalue weighted by atomic mass is 10.2. The van der Waals surface area contributed by atoms with Crippen molar-refractivity contribution in [2.75, 3.05) is 13.7 Å². The number of aliphatic carboxylic acids is 1. The second-order valence-corrected chi connectivity index (χ2v) is 7.52. The number of fused-ring (bicyclic) bond motifs is 1. The molecule has 0 saturated carbocycles. The Kier molecular flexibility index (Phi) is 8.01. The number of ether oxygens (including phenoxy) is 1. The summed E-state index contributed by atoms with van der Waals surface area (Å²) in [4.78, 5) is 51.6. The van der Waals surface area contributed by atoms with Crippen molar-refractivity contribution in [3.63, 3.8) is 0 Å². The van der Waals surface area contributed by atoms with Crippen LogP contribution in [0.3, 0.4) is 0 Å². The number of benzene rings is 1. The lowest BCUT2D eigenvalue weighted by Crippen LogP contribution is -2.30. The Labute approximate surface area is 195 Å². The fourth-order valence-corrected chi connectivity index (χ4v) is 3.44. The fraction of sp³-hybridized carbons (Fsp3) is 0.348. The number of carbonyl (C=O) groups is 4. The number of imidazole rings is 1. The van der Waals surface area contributed by atoms with Crippen molar-refractivity contribution in [1.82, 2.24) is 20.2 Å². The number of nitrogens with one attached hydrogen (secondary N) is 2. The highest BCUT2D eigenvalue weighted by Crippen LogP contribution is 2.25. The van der Waals surface area contributed by atoms with E-state index in [4.69, 9.17) is 9.52 Å². The Morgan fingerprint density at radius 3 is 2.65 bits per heavy atom. The van der Waals surface area contributed by atoms with Crippen molar-refractivity contribution < 1.29 is 33.4 Å². The molecule has 0 fully saturated rings. The summed E-state index contributed by atoms with van der Waals surface area (Å²) < 4.78 is 11.9. The highest BCUT2D eigenvalue weighted by molar-refractivity contribution is 5.98. The number of amides is 2. The van der Waals surface area contributed by atoms with Crippen molar-refractivity contribution in [1.29, 1.82) is 0 Å². The van der Waals surface area contributed by atoms with Crippen LogP contribution in [0.5, 0.6) is 0 Å². The molecule has 3 N–H and O–H groups in total. The van der Waals surface area contributed by atoms with Crippen LogP contribution in [0.1, 0.15) is 54.2 Å². The lowest BCUT2D eigenvalue weighted by molar-refractivity contribution is -0.139. The predicted octanol–water partition coefficient (Wildman–Crippen LogP) is 2.01. The normalized spacial score (nSPS) is 11.7. The zero-order valence-corrected chi connectivity index (χ0v) is 18.9. The van der Waals surface area contributed by atoms with Gasteiger partial charge in [0.15, 0.2) is 0 Å². The molecule has 34 heavy (non-hydrogen) atoms. The lowest BCUT2D eigenvalue weighted by Gasteiger charge is -2.18. The average molecular weight is 470 g/mol. The summed E-state index contributed by atoms with van der Waals surface area (Å²) in [5.74, 6) is -1.25. The molecule has 11 heteroatoms. The maximum absolute atomic E-state index is 12.4. The quantitative estimate of drug-likeness (QED) is 0.360. The largest absolute Gasteiger partial charge is 0.481 e. The van der Waals surface area contributed by atoms with Crippen molar-refractivity contribution in [3.8, 4) is 0 Å². The SMILES string of the molecule is CCC(NC(=O)CCC(=O)O)c1nc2cc(C(=O)NCC(=O)OC)ccc2n1Cc1ccco1. The van der Waals surface area contributed by atoms with Gasteiger partial charge in [-0.3, -0.25) is 19.2 Å². The zero-order chi connectivity index (χ0) is 24.7. The predicted molar refractivity (Wildman–Crippen MR) is 120 cm³/mol. The molecule has 180 valence electrons. The molecular weight excluding hydrogens is 444 g/mol. The number of rotatable bonds is 11. The minimum atomic E-state index is -1.05. The number of furan rings is 1. The van der Waals surface area contributed by atoms with E-state index in [2.05, 4.69) is 20.4 Å². The van der Waals surface area contributed by atoms with E-state index in [9.17, 15) is 19.2 Å². The molecule has 2 aromatic heterocycles. The highest BCUT2D eigenvalue weighted by atomic mass is 16.5. The molecular formula is C23H26N4O7. The van der Waals surface area contributed by atoms with E-state index in [-0.39, 0.29) is 19.4 Å². The van der Waals surface area contributed by atoms with Crippen molar-refractivity contribution in [2.24, 2.45) is 0 Å². The van der Waals surface area contributed by atoms with E-state index >= 15 is 0 Å². The van der Waals surface area contributed by atoms with Gasteiger partial charge in [-0.2, -0.15) is 0 Å². The van der Waals surface area contributed by atoms with E-state index < -0.39 is 29.8 Å². The molecule has 0 aliphatic heterocycles. The third-order valence-corrected chi connectivity index (χ3v) is 5.18. The van der Waals surface area contributed by atoms with Gasteiger partial charge in [0.25, 0.3) is 5.91 Å². The standard InChI is InChI=1S/C23H26N4O7/c1-3-16(25-19(28)8-9-20(29)30)22-26-17-11-14(23(32)24-12-21(31)33-2)6-7-18(17)27(22)13-15-5-4-10-34-15/h4-7,10-11,16H,3,8-9,12-13H2,1-2H3,(H,24,32)(H,25,28)(H,29,30). The Morgan fingerprint density at radius 1 is 1.21 bits per heavy atom. The summed E-state index contributed by atoms with van der Waals surface area (Å²) in [7, 11) is 1.23. The molecule has 0 radical (unpaired) electrons. The van der Waals surface area contributed by atoms with E-state index in [0.717, 1.165) is 0 Å². The minimum Gasteiger partial charge on any atom is -0.481 e. The van der Waals surface area contributed by atoms with E-state index in [0.29, 0.717) is 41.1 Å². The summed E-state index contributed by atoms with van der Waals surface area (Å²) >= 11 is 0. The van der Waals surface area contributed by atoms with Crippen LogP contribution >= 0.6 is 0 Å². The number of hydrogen-bond acceptors (Lipinski definition) is 7. The maximum atomic E-state index is 12.4. The molecule has 11 nitrogen and oxygen atoms in total. The Morgan fingerprint density at radius 2 is 2.00 bits per heavy atom. The van der Waals surface area contributed by atoms with Crippen molar-refractivity contribution in [2.45, 2.75) is 38.8 Å². The van der Waals surface area contributed by atoms with E-state index in [1.165, 1.54) is 7.11 Å². The van der Waals surface area contributed by atoms with Crippen LogP contribution in [0.4, 0.5) is 0 Å². The number of esters is 1. The van der Waals surface area contributed by atoms with Crippen molar-refractivity contribution in [3.05, 3.63) is 53.7 Å². The number of hydrogen-bond donors (Lipinski definition) is 3. The summed E-state index contributed by atoms with van der Waals surface area (Å²) in [6, 6.07) is 8.05. The number of carboxylic acids is 1. The van der Waals surface area contributed by atoms with Gasteiger partial charge < -0.3 is 29.5 Å². The summed E-state index contributed by atoms with van der Waals surface area (Å²) in [5, 5.41) is 14.2. The summed E-state index contributed by atoms with van der Waals surface area (Å²) in [6.45, 7) is 1.96. The molecule has 2 amide bonds. The van der Waals surface area contributed by atoms with Crippen LogP contribution in [-0.2, 0) is 25.7 Å². The molecule has 1 atom stereocenters. The molecule has 0 aliphatic carbocycles. The maximum Gasteiger partial charge on any atom is 0.325 e. The Balaban J connectivity index is 1.94. The van der Waals surface area contributed by atoms with Gasteiger partial charge in [0.1, 0.15) is 18.1 Å². The van der Waals surface area contributed by atoms with Gasteiger partial charge in [-0.05, 0) is 36.8 Å². The third-order valence-electron chi connectivity index (χ3n) is 5.18. The van der Waals surface area contributed by atoms with Crippen LogP contribution in [0.2, 0.25) is 0 Å². The van der Waals surface area contributed by atoms with Crippen molar-refractivity contribution >= 4 is 34.8 Å². The first-order valence-electron chi connectivity index (χ1n) is 10.7. The van der Waals surface area contributed by atoms with E-state index in [1.807, 2.05) is 17.6 Å². The summed E-state index contributed by atoms with van der Waals surface area (Å²) in [6.07, 6.45) is 1.65. The average Bonchev–Trinajstić information content (AvgIpc) is 3.47. The topological polar surface area (TPSA) is 153 Å². The molecule has 0 saturated heterocycles. The second-order valence-electron chi connectivity index (χ2n) is 7.52.